The molecule has 0 bridgehead atoms. The quantitative estimate of drug-likeness (QED) is 0.865. The molecule has 112 valence electrons. The van der Waals surface area contributed by atoms with E-state index in [-0.39, 0.29) is 0 Å². The zero-order valence-electron chi connectivity index (χ0n) is 12.5. The van der Waals surface area contributed by atoms with Crippen LogP contribution in [0.5, 0.6) is 0 Å². The molecule has 2 aliphatic heterocycles. The molecular formula is C16H22N4S. The standard InChI is InChI=1S/C16H22N4S/c1-18-8-14(7-17-18)9-19-5-4-16(11-19)12-20(13-16)10-15-3-2-6-21-15/h2-3,6-8H,4-5,9-13H2,1H3. The Labute approximate surface area is 130 Å². The molecule has 2 aromatic rings. The van der Waals surface area contributed by atoms with Gasteiger partial charge in [0.15, 0.2) is 0 Å². The Bertz CT molecular complexity index is 598. The zero-order valence-corrected chi connectivity index (χ0v) is 13.4. The van der Waals surface area contributed by atoms with Crippen LogP contribution in [-0.4, -0.2) is 45.8 Å². The van der Waals surface area contributed by atoms with E-state index in [9.17, 15) is 0 Å². The molecule has 0 aliphatic carbocycles. The molecular weight excluding hydrogens is 280 g/mol. The van der Waals surface area contributed by atoms with Crippen molar-refractivity contribution in [1.29, 1.82) is 0 Å². The van der Waals surface area contributed by atoms with E-state index in [0.717, 1.165) is 13.1 Å². The third-order valence-electron chi connectivity index (χ3n) is 4.76. The molecule has 0 radical (unpaired) electrons. The Hall–Kier alpha value is -1.17. The lowest BCUT2D eigenvalue weighted by atomic mass is 9.79. The summed E-state index contributed by atoms with van der Waals surface area (Å²) in [6, 6.07) is 4.40. The first-order valence-corrected chi connectivity index (χ1v) is 8.53. The minimum atomic E-state index is 0.569. The molecule has 1 spiro atoms. The van der Waals surface area contributed by atoms with E-state index in [1.807, 2.05) is 29.3 Å². The molecule has 0 amide bonds. The van der Waals surface area contributed by atoms with Gasteiger partial charge in [0, 0.05) is 61.8 Å². The second-order valence-corrected chi connectivity index (χ2v) is 7.74. The van der Waals surface area contributed by atoms with Gasteiger partial charge < -0.3 is 0 Å². The summed E-state index contributed by atoms with van der Waals surface area (Å²) in [5.74, 6) is 0. The maximum atomic E-state index is 4.27. The summed E-state index contributed by atoms with van der Waals surface area (Å²) in [4.78, 5) is 6.69. The molecule has 21 heavy (non-hydrogen) atoms. The van der Waals surface area contributed by atoms with Crippen molar-refractivity contribution in [2.45, 2.75) is 19.5 Å². The van der Waals surface area contributed by atoms with Crippen molar-refractivity contribution in [3.63, 3.8) is 0 Å². The van der Waals surface area contributed by atoms with Gasteiger partial charge in [-0.2, -0.15) is 5.10 Å². The number of aromatic nitrogens is 2. The van der Waals surface area contributed by atoms with Gasteiger partial charge in [-0.05, 0) is 24.4 Å². The maximum absolute atomic E-state index is 4.27. The van der Waals surface area contributed by atoms with E-state index in [2.05, 4.69) is 38.6 Å². The van der Waals surface area contributed by atoms with E-state index in [0.29, 0.717) is 5.41 Å². The van der Waals surface area contributed by atoms with Crippen LogP contribution in [0.2, 0.25) is 0 Å². The van der Waals surface area contributed by atoms with Crippen molar-refractivity contribution in [3.05, 3.63) is 40.3 Å². The minimum Gasteiger partial charge on any atom is -0.298 e. The normalized spacial score (nSPS) is 22.0. The summed E-state index contributed by atoms with van der Waals surface area (Å²) in [6.07, 6.45) is 5.48. The van der Waals surface area contributed by atoms with E-state index in [1.165, 1.54) is 43.0 Å². The van der Waals surface area contributed by atoms with Crippen LogP contribution < -0.4 is 0 Å². The summed E-state index contributed by atoms with van der Waals surface area (Å²) in [5, 5.41) is 6.44. The molecule has 4 nitrogen and oxygen atoms in total. The first-order chi connectivity index (χ1) is 10.2. The Kier molecular flexibility index (Phi) is 3.36. The molecule has 0 saturated carbocycles. The van der Waals surface area contributed by atoms with Gasteiger partial charge in [0.1, 0.15) is 0 Å². The SMILES string of the molecule is Cn1cc(CN2CCC3(C2)CN(Cc2cccs2)C3)cn1. The van der Waals surface area contributed by atoms with Gasteiger partial charge in [-0.25, -0.2) is 0 Å². The highest BCUT2D eigenvalue weighted by Crippen LogP contribution is 2.40. The Morgan fingerprint density at radius 2 is 2.10 bits per heavy atom. The van der Waals surface area contributed by atoms with Crippen LogP contribution in [0.15, 0.2) is 29.9 Å². The highest BCUT2D eigenvalue weighted by atomic mass is 32.1. The predicted molar refractivity (Wildman–Crippen MR) is 85.1 cm³/mol. The van der Waals surface area contributed by atoms with E-state index in [1.54, 1.807) is 0 Å². The smallest absolute Gasteiger partial charge is 0.0534 e. The number of hydrogen-bond acceptors (Lipinski definition) is 4. The minimum absolute atomic E-state index is 0.569. The zero-order chi connectivity index (χ0) is 14.3. The Morgan fingerprint density at radius 3 is 2.81 bits per heavy atom. The molecule has 0 aromatic carbocycles. The van der Waals surface area contributed by atoms with Gasteiger partial charge in [0.25, 0.3) is 0 Å². The van der Waals surface area contributed by atoms with Crippen LogP contribution in [0.25, 0.3) is 0 Å². The molecule has 2 fully saturated rings. The number of rotatable bonds is 4. The maximum Gasteiger partial charge on any atom is 0.0534 e. The van der Waals surface area contributed by atoms with Crippen LogP contribution in [-0.2, 0) is 20.1 Å². The van der Waals surface area contributed by atoms with E-state index < -0.39 is 0 Å². The van der Waals surface area contributed by atoms with Gasteiger partial charge in [-0.3, -0.25) is 14.5 Å². The molecule has 2 aromatic heterocycles. The third kappa shape index (κ3) is 2.78. The first kappa shape index (κ1) is 13.5. The van der Waals surface area contributed by atoms with E-state index in [4.69, 9.17) is 0 Å². The molecule has 4 rings (SSSR count). The summed E-state index contributed by atoms with van der Waals surface area (Å²) in [5.41, 5.74) is 1.91. The molecule has 0 unspecified atom stereocenters. The highest BCUT2D eigenvalue weighted by Gasteiger charge is 2.47. The summed E-state index contributed by atoms with van der Waals surface area (Å²) in [7, 11) is 1.99. The van der Waals surface area contributed by atoms with Crippen molar-refractivity contribution in [2.75, 3.05) is 26.2 Å². The van der Waals surface area contributed by atoms with Gasteiger partial charge in [0.2, 0.25) is 0 Å². The number of thiophene rings is 1. The van der Waals surface area contributed by atoms with Crippen molar-refractivity contribution < 1.29 is 0 Å². The van der Waals surface area contributed by atoms with Crippen molar-refractivity contribution in [2.24, 2.45) is 12.5 Å². The second-order valence-electron chi connectivity index (χ2n) is 6.71. The monoisotopic (exact) mass is 302 g/mol. The van der Waals surface area contributed by atoms with Crippen molar-refractivity contribution >= 4 is 11.3 Å². The highest BCUT2D eigenvalue weighted by molar-refractivity contribution is 7.09. The number of hydrogen-bond donors (Lipinski definition) is 0. The molecule has 5 heteroatoms. The fourth-order valence-electron chi connectivity index (χ4n) is 3.87. The van der Waals surface area contributed by atoms with Crippen LogP contribution >= 0.6 is 11.3 Å². The van der Waals surface area contributed by atoms with Gasteiger partial charge in [-0.1, -0.05) is 6.07 Å². The van der Waals surface area contributed by atoms with E-state index >= 15 is 0 Å². The Balaban J connectivity index is 1.29. The summed E-state index contributed by atoms with van der Waals surface area (Å²) < 4.78 is 1.90. The summed E-state index contributed by atoms with van der Waals surface area (Å²) in [6.45, 7) is 7.23. The first-order valence-electron chi connectivity index (χ1n) is 7.65. The molecule has 2 saturated heterocycles. The number of aryl methyl sites for hydroxylation is 1. The topological polar surface area (TPSA) is 24.3 Å². The van der Waals surface area contributed by atoms with Gasteiger partial charge >= 0.3 is 0 Å². The largest absolute Gasteiger partial charge is 0.298 e. The Morgan fingerprint density at radius 1 is 1.24 bits per heavy atom. The fraction of sp³-hybridized carbons (Fsp3) is 0.562. The molecule has 0 N–H and O–H groups in total. The van der Waals surface area contributed by atoms with Crippen molar-refractivity contribution in [3.8, 4) is 0 Å². The van der Waals surface area contributed by atoms with Crippen molar-refractivity contribution in [1.82, 2.24) is 19.6 Å². The van der Waals surface area contributed by atoms with Crippen LogP contribution in [0.1, 0.15) is 16.9 Å². The fourth-order valence-corrected chi connectivity index (χ4v) is 4.62. The average Bonchev–Trinajstić information content (AvgIpc) is 3.12. The average molecular weight is 302 g/mol. The van der Waals surface area contributed by atoms with Crippen LogP contribution in [0, 0.1) is 5.41 Å². The van der Waals surface area contributed by atoms with Crippen LogP contribution in [0.4, 0.5) is 0 Å². The number of likely N-dealkylation sites (tertiary alicyclic amines) is 2. The third-order valence-corrected chi connectivity index (χ3v) is 5.62. The van der Waals surface area contributed by atoms with Gasteiger partial charge in [0.05, 0.1) is 6.20 Å². The lowest BCUT2D eigenvalue weighted by Gasteiger charge is -2.48. The van der Waals surface area contributed by atoms with Crippen LogP contribution in [0.3, 0.4) is 0 Å². The lowest BCUT2D eigenvalue weighted by molar-refractivity contribution is 0.00233. The number of nitrogens with zero attached hydrogens (tertiary/aromatic N) is 4. The molecule has 4 heterocycles. The van der Waals surface area contributed by atoms with Gasteiger partial charge in [-0.15, -0.1) is 11.3 Å². The lowest BCUT2D eigenvalue weighted by Crippen LogP contribution is -2.56. The molecule has 2 aliphatic rings. The molecule has 0 atom stereocenters. The predicted octanol–water partition coefficient (Wildman–Crippen LogP) is 2.19. The summed E-state index contributed by atoms with van der Waals surface area (Å²) >= 11 is 1.87. The second kappa shape index (κ2) is 5.23.